The van der Waals surface area contributed by atoms with E-state index in [2.05, 4.69) is 16.1 Å². The quantitative estimate of drug-likeness (QED) is 0.0885. The number of aliphatic hydroxyl groups is 5. The van der Waals surface area contributed by atoms with Gasteiger partial charge in [-0.25, -0.2) is 0 Å². The van der Waals surface area contributed by atoms with Crippen LogP contribution in [0.5, 0.6) is 0 Å². The molecule has 2 amide bonds. The van der Waals surface area contributed by atoms with Gasteiger partial charge in [0, 0.05) is 28.1 Å². The monoisotopic (exact) mass is 641 g/mol. The molecule has 8 N–H and O–H groups in total. The summed E-state index contributed by atoms with van der Waals surface area (Å²) in [5.74, 6) is -0.969. The normalized spacial score (nSPS) is 42.9. The van der Waals surface area contributed by atoms with E-state index in [1.807, 2.05) is 0 Å². The molecule has 18 heteroatoms. The predicted octanol–water partition coefficient (Wildman–Crippen LogP) is -4.40. The third kappa shape index (κ3) is 8.39. The van der Waals surface area contributed by atoms with E-state index < -0.39 is 117 Å². The molecule has 3 heterocycles. The Hall–Kier alpha value is -1.62. The SMILES string of the molecule is CCONC1C(OC2C(CO)OC(OC)C(NC(C)=O)C2O)OC(C)C(OC2OC(CO)C(OC)C(O)C2NC(C)=O)C1O. The number of hydrogen-bond donors (Lipinski definition) is 8. The Bertz CT molecular complexity index is 920. The zero-order valence-corrected chi connectivity index (χ0v) is 25.6. The summed E-state index contributed by atoms with van der Waals surface area (Å²) < 4.78 is 40.4. The van der Waals surface area contributed by atoms with E-state index in [-0.39, 0.29) is 6.61 Å². The van der Waals surface area contributed by atoms with Crippen molar-refractivity contribution in [2.45, 2.75) is 120 Å². The lowest BCUT2D eigenvalue weighted by atomic mass is 9.94. The number of ether oxygens (including phenoxy) is 7. The zero-order chi connectivity index (χ0) is 32.7. The fourth-order valence-corrected chi connectivity index (χ4v) is 5.63. The van der Waals surface area contributed by atoms with Gasteiger partial charge >= 0.3 is 0 Å². The molecule has 0 aromatic rings. The molecule has 0 aliphatic carbocycles. The zero-order valence-electron chi connectivity index (χ0n) is 25.6. The van der Waals surface area contributed by atoms with Gasteiger partial charge in [0.05, 0.1) is 25.9 Å². The molecule has 18 nitrogen and oxygen atoms in total. The van der Waals surface area contributed by atoms with Crippen molar-refractivity contribution in [2.24, 2.45) is 0 Å². The number of aliphatic hydroxyl groups excluding tert-OH is 5. The van der Waals surface area contributed by atoms with Crippen LogP contribution in [0.3, 0.4) is 0 Å². The molecule has 256 valence electrons. The Morgan fingerprint density at radius 1 is 0.705 bits per heavy atom. The molecule has 0 bridgehead atoms. The van der Waals surface area contributed by atoms with Crippen LogP contribution < -0.4 is 16.1 Å². The lowest BCUT2D eigenvalue weighted by molar-refractivity contribution is -0.354. The van der Waals surface area contributed by atoms with Crippen molar-refractivity contribution in [3.05, 3.63) is 0 Å². The lowest BCUT2D eigenvalue weighted by Gasteiger charge is -2.50. The van der Waals surface area contributed by atoms with Crippen molar-refractivity contribution in [1.82, 2.24) is 16.1 Å². The molecular formula is C26H47N3O15. The summed E-state index contributed by atoms with van der Waals surface area (Å²) in [5.41, 5.74) is 2.67. The largest absolute Gasteiger partial charge is 0.394 e. The van der Waals surface area contributed by atoms with Gasteiger partial charge in [0.2, 0.25) is 11.8 Å². The Morgan fingerprint density at radius 3 is 1.70 bits per heavy atom. The Morgan fingerprint density at radius 2 is 1.18 bits per heavy atom. The van der Waals surface area contributed by atoms with Crippen molar-refractivity contribution in [2.75, 3.05) is 34.0 Å². The molecule has 0 spiro atoms. The molecule has 3 saturated heterocycles. The van der Waals surface area contributed by atoms with Crippen molar-refractivity contribution < 1.29 is 73.1 Å². The van der Waals surface area contributed by atoms with Crippen molar-refractivity contribution in [3.8, 4) is 0 Å². The highest BCUT2D eigenvalue weighted by atomic mass is 16.8. The van der Waals surface area contributed by atoms with Crippen LogP contribution in [-0.2, 0) is 47.6 Å². The number of carbonyl (C=O) groups is 2. The van der Waals surface area contributed by atoms with Crippen molar-refractivity contribution in [1.29, 1.82) is 0 Å². The Kier molecular flexibility index (Phi) is 14.1. The number of nitrogens with one attached hydrogen (secondary N) is 3. The van der Waals surface area contributed by atoms with Gasteiger partial charge in [-0.15, -0.1) is 0 Å². The molecule has 3 aliphatic heterocycles. The number of carbonyl (C=O) groups excluding carboxylic acids is 2. The summed E-state index contributed by atoms with van der Waals surface area (Å²) in [5, 5.41) is 58.6. The summed E-state index contributed by atoms with van der Waals surface area (Å²) in [7, 11) is 2.64. The molecular weight excluding hydrogens is 594 g/mol. The third-order valence-corrected chi connectivity index (χ3v) is 7.71. The summed E-state index contributed by atoms with van der Waals surface area (Å²) in [6, 6.07) is -3.39. The molecule has 15 unspecified atom stereocenters. The van der Waals surface area contributed by atoms with Crippen LogP contribution in [0, 0.1) is 0 Å². The predicted molar refractivity (Wildman–Crippen MR) is 145 cm³/mol. The molecule has 44 heavy (non-hydrogen) atoms. The third-order valence-electron chi connectivity index (χ3n) is 7.71. The highest BCUT2D eigenvalue weighted by Crippen LogP contribution is 2.33. The Labute approximate surface area is 255 Å². The lowest BCUT2D eigenvalue weighted by Crippen LogP contribution is -2.70. The number of methoxy groups -OCH3 is 2. The number of hydrogen-bond acceptors (Lipinski definition) is 16. The molecule has 3 fully saturated rings. The van der Waals surface area contributed by atoms with Crippen LogP contribution in [0.15, 0.2) is 0 Å². The first-order valence-corrected chi connectivity index (χ1v) is 14.4. The number of rotatable bonds is 13. The van der Waals surface area contributed by atoms with Gasteiger partial charge in [-0.1, -0.05) is 0 Å². The van der Waals surface area contributed by atoms with Gasteiger partial charge < -0.3 is 74.2 Å². The standard InChI is InChI=1S/C26H47N3O15/c1-7-39-29-17-20(36)21(43-25-16(28-12(4)33)18(34)22(37-5)13(8-30)42-25)10(2)40-26(17)44-23-14(9-31)41-24(38-6)15(19(23)35)27-11(3)32/h10,13-26,29-31,34-36H,7-9H2,1-6H3,(H,27,32)(H,28,33). The summed E-state index contributed by atoms with van der Waals surface area (Å²) in [6.07, 6.45) is -14.5. The second kappa shape index (κ2) is 16.8. The van der Waals surface area contributed by atoms with E-state index in [1.165, 1.54) is 28.1 Å². The van der Waals surface area contributed by atoms with E-state index in [0.717, 1.165) is 0 Å². The van der Waals surface area contributed by atoms with Crippen LogP contribution in [0.4, 0.5) is 0 Å². The van der Waals surface area contributed by atoms with E-state index in [9.17, 15) is 35.1 Å². The van der Waals surface area contributed by atoms with Crippen molar-refractivity contribution >= 4 is 11.8 Å². The highest BCUT2D eigenvalue weighted by Gasteiger charge is 2.54. The van der Waals surface area contributed by atoms with E-state index in [0.29, 0.717) is 0 Å². The average Bonchev–Trinajstić information content (AvgIpc) is 2.98. The topological polar surface area (TPSA) is 245 Å². The van der Waals surface area contributed by atoms with Crippen molar-refractivity contribution in [3.63, 3.8) is 0 Å². The molecule has 0 aromatic heterocycles. The van der Waals surface area contributed by atoms with Gasteiger partial charge in [-0.05, 0) is 13.8 Å². The smallest absolute Gasteiger partial charge is 0.217 e. The molecule has 3 rings (SSSR count). The maximum Gasteiger partial charge on any atom is 0.217 e. The second-order valence-corrected chi connectivity index (χ2v) is 10.8. The van der Waals surface area contributed by atoms with E-state index in [4.69, 9.17) is 38.0 Å². The highest BCUT2D eigenvalue weighted by molar-refractivity contribution is 5.73. The maximum atomic E-state index is 12.0. The molecule has 3 aliphatic rings. The van der Waals surface area contributed by atoms with Gasteiger partial charge in [0.1, 0.15) is 67.0 Å². The molecule has 0 aromatic carbocycles. The fourth-order valence-electron chi connectivity index (χ4n) is 5.63. The van der Waals surface area contributed by atoms with Crippen LogP contribution in [0.25, 0.3) is 0 Å². The number of hydroxylamine groups is 1. The van der Waals surface area contributed by atoms with Crippen LogP contribution >= 0.6 is 0 Å². The second-order valence-electron chi connectivity index (χ2n) is 10.8. The van der Waals surface area contributed by atoms with E-state index >= 15 is 0 Å². The summed E-state index contributed by atoms with van der Waals surface area (Å²) >= 11 is 0. The first-order valence-electron chi connectivity index (χ1n) is 14.4. The molecule has 0 saturated carbocycles. The minimum absolute atomic E-state index is 0.171. The summed E-state index contributed by atoms with van der Waals surface area (Å²) in [6.45, 7) is 4.79. The first kappa shape index (κ1) is 36.8. The minimum atomic E-state index is -1.45. The van der Waals surface area contributed by atoms with Gasteiger partial charge in [-0.3, -0.25) is 9.59 Å². The molecule has 0 radical (unpaired) electrons. The van der Waals surface area contributed by atoms with Crippen LogP contribution in [-0.4, -0.2) is 163 Å². The maximum absolute atomic E-state index is 12.0. The first-order chi connectivity index (χ1) is 20.9. The van der Waals surface area contributed by atoms with E-state index in [1.54, 1.807) is 13.8 Å². The van der Waals surface area contributed by atoms with Gasteiger partial charge in [0.25, 0.3) is 0 Å². The van der Waals surface area contributed by atoms with Crippen LogP contribution in [0.2, 0.25) is 0 Å². The average molecular weight is 642 g/mol. The molecule has 15 atom stereocenters. The summed E-state index contributed by atoms with van der Waals surface area (Å²) in [4.78, 5) is 29.1. The van der Waals surface area contributed by atoms with Crippen LogP contribution in [0.1, 0.15) is 27.7 Å². The van der Waals surface area contributed by atoms with Gasteiger partial charge in [-0.2, -0.15) is 5.48 Å². The fraction of sp³-hybridized carbons (Fsp3) is 0.923. The van der Waals surface area contributed by atoms with Gasteiger partial charge in [0.15, 0.2) is 18.9 Å². The Balaban J connectivity index is 1.85. The number of amides is 2. The minimum Gasteiger partial charge on any atom is -0.394 e.